The molecular formula is C17H28FNO2. The Balaban J connectivity index is 2.74. The van der Waals surface area contributed by atoms with Crippen LogP contribution >= 0.6 is 0 Å². The molecule has 0 saturated heterocycles. The molecule has 2 unspecified atom stereocenters. The van der Waals surface area contributed by atoms with Crippen LogP contribution in [0.5, 0.6) is 0 Å². The highest BCUT2D eigenvalue weighted by atomic mass is 19.1. The number of benzene rings is 1. The van der Waals surface area contributed by atoms with Gasteiger partial charge in [-0.15, -0.1) is 0 Å². The monoisotopic (exact) mass is 297 g/mol. The van der Waals surface area contributed by atoms with Gasteiger partial charge in [-0.1, -0.05) is 12.1 Å². The van der Waals surface area contributed by atoms with Crippen molar-refractivity contribution in [3.63, 3.8) is 0 Å². The smallest absolute Gasteiger partial charge is 0.123 e. The molecule has 0 bridgehead atoms. The molecule has 0 aliphatic carbocycles. The molecule has 120 valence electrons. The van der Waals surface area contributed by atoms with Crippen LogP contribution in [0.1, 0.15) is 46.3 Å². The number of rotatable bonds is 8. The van der Waals surface area contributed by atoms with E-state index in [0.29, 0.717) is 19.8 Å². The SMILES string of the molecule is CCOCC(C)OC(CNC(C)(C)C)c1cccc(F)c1. The molecule has 0 heterocycles. The Bertz CT molecular complexity index is 417. The van der Waals surface area contributed by atoms with Gasteiger partial charge in [-0.25, -0.2) is 4.39 Å². The van der Waals surface area contributed by atoms with E-state index >= 15 is 0 Å². The zero-order chi connectivity index (χ0) is 15.9. The van der Waals surface area contributed by atoms with Crippen molar-refractivity contribution >= 4 is 0 Å². The van der Waals surface area contributed by atoms with Crippen molar-refractivity contribution < 1.29 is 13.9 Å². The fourth-order valence-electron chi connectivity index (χ4n) is 1.95. The van der Waals surface area contributed by atoms with Crippen molar-refractivity contribution in [2.75, 3.05) is 19.8 Å². The molecule has 0 aliphatic heterocycles. The average Bonchev–Trinajstić information content (AvgIpc) is 2.40. The van der Waals surface area contributed by atoms with Gasteiger partial charge in [0.1, 0.15) is 5.82 Å². The molecular weight excluding hydrogens is 269 g/mol. The highest BCUT2D eigenvalue weighted by Crippen LogP contribution is 2.20. The van der Waals surface area contributed by atoms with Gasteiger partial charge in [0.05, 0.1) is 18.8 Å². The summed E-state index contributed by atoms with van der Waals surface area (Å²) in [5, 5.41) is 3.41. The lowest BCUT2D eigenvalue weighted by atomic mass is 10.1. The number of hydrogen-bond donors (Lipinski definition) is 1. The van der Waals surface area contributed by atoms with E-state index in [4.69, 9.17) is 9.47 Å². The third-order valence-corrected chi connectivity index (χ3v) is 2.99. The summed E-state index contributed by atoms with van der Waals surface area (Å²) in [4.78, 5) is 0. The first kappa shape index (κ1) is 18.1. The first-order valence-corrected chi connectivity index (χ1v) is 7.55. The normalized spacial score (nSPS) is 15.0. The predicted octanol–water partition coefficient (Wildman–Crippen LogP) is 3.70. The topological polar surface area (TPSA) is 30.5 Å². The summed E-state index contributed by atoms with van der Waals surface area (Å²) in [5.74, 6) is -0.241. The molecule has 0 spiro atoms. The van der Waals surface area contributed by atoms with Crippen LogP contribution in [0.25, 0.3) is 0 Å². The Morgan fingerprint density at radius 1 is 1.29 bits per heavy atom. The van der Waals surface area contributed by atoms with E-state index in [-0.39, 0.29) is 23.6 Å². The van der Waals surface area contributed by atoms with E-state index < -0.39 is 0 Å². The van der Waals surface area contributed by atoms with Crippen LogP contribution in [0.4, 0.5) is 4.39 Å². The summed E-state index contributed by atoms with van der Waals surface area (Å²) >= 11 is 0. The van der Waals surface area contributed by atoms with Crippen LogP contribution in [0.15, 0.2) is 24.3 Å². The van der Waals surface area contributed by atoms with Crippen LogP contribution in [0, 0.1) is 5.82 Å². The van der Waals surface area contributed by atoms with Crippen LogP contribution < -0.4 is 5.32 Å². The Morgan fingerprint density at radius 2 is 2.00 bits per heavy atom. The molecule has 0 fully saturated rings. The highest BCUT2D eigenvalue weighted by molar-refractivity contribution is 5.19. The van der Waals surface area contributed by atoms with Crippen LogP contribution in [0.3, 0.4) is 0 Å². The quantitative estimate of drug-likeness (QED) is 0.793. The maximum atomic E-state index is 13.4. The van der Waals surface area contributed by atoms with E-state index in [1.54, 1.807) is 6.07 Å². The molecule has 0 radical (unpaired) electrons. The summed E-state index contributed by atoms with van der Waals surface area (Å²) < 4.78 is 24.9. The lowest BCUT2D eigenvalue weighted by Gasteiger charge is -2.28. The molecule has 1 rings (SSSR count). The second kappa shape index (κ2) is 8.47. The van der Waals surface area contributed by atoms with E-state index in [0.717, 1.165) is 5.56 Å². The molecule has 0 amide bonds. The zero-order valence-corrected chi connectivity index (χ0v) is 13.8. The molecule has 1 aromatic carbocycles. The van der Waals surface area contributed by atoms with Gasteiger partial charge < -0.3 is 14.8 Å². The second-order valence-corrected chi connectivity index (χ2v) is 6.28. The van der Waals surface area contributed by atoms with Crippen molar-refractivity contribution in [1.29, 1.82) is 0 Å². The van der Waals surface area contributed by atoms with Gasteiger partial charge in [-0.2, -0.15) is 0 Å². The van der Waals surface area contributed by atoms with Crippen molar-refractivity contribution in [1.82, 2.24) is 5.32 Å². The van der Waals surface area contributed by atoms with Gasteiger partial charge in [0.25, 0.3) is 0 Å². The van der Waals surface area contributed by atoms with Gasteiger partial charge in [0.15, 0.2) is 0 Å². The molecule has 1 aromatic rings. The number of hydrogen-bond acceptors (Lipinski definition) is 3. The van der Waals surface area contributed by atoms with Gasteiger partial charge in [-0.3, -0.25) is 0 Å². The van der Waals surface area contributed by atoms with E-state index in [2.05, 4.69) is 26.1 Å². The molecule has 0 saturated carbocycles. The van der Waals surface area contributed by atoms with Gasteiger partial charge in [0.2, 0.25) is 0 Å². The zero-order valence-electron chi connectivity index (χ0n) is 13.8. The summed E-state index contributed by atoms with van der Waals surface area (Å²) in [6.45, 7) is 12.1. The van der Waals surface area contributed by atoms with Gasteiger partial charge in [0, 0.05) is 18.7 Å². The summed E-state index contributed by atoms with van der Waals surface area (Å²) in [5.41, 5.74) is 0.827. The lowest BCUT2D eigenvalue weighted by Crippen LogP contribution is -2.40. The summed E-state index contributed by atoms with van der Waals surface area (Å²) in [6, 6.07) is 6.58. The number of nitrogens with one attached hydrogen (secondary N) is 1. The molecule has 3 nitrogen and oxygen atoms in total. The predicted molar refractivity (Wildman–Crippen MR) is 83.9 cm³/mol. The molecule has 0 aliphatic rings. The van der Waals surface area contributed by atoms with Crippen LogP contribution in [-0.2, 0) is 9.47 Å². The molecule has 0 aromatic heterocycles. The summed E-state index contributed by atoms with van der Waals surface area (Å²) in [6.07, 6.45) is -0.240. The summed E-state index contributed by atoms with van der Waals surface area (Å²) in [7, 11) is 0. The second-order valence-electron chi connectivity index (χ2n) is 6.28. The first-order valence-electron chi connectivity index (χ1n) is 7.55. The maximum Gasteiger partial charge on any atom is 0.123 e. The third-order valence-electron chi connectivity index (χ3n) is 2.99. The highest BCUT2D eigenvalue weighted by Gasteiger charge is 2.19. The Morgan fingerprint density at radius 3 is 2.57 bits per heavy atom. The molecule has 4 heteroatoms. The van der Waals surface area contributed by atoms with E-state index in [1.165, 1.54) is 12.1 Å². The fraction of sp³-hybridized carbons (Fsp3) is 0.647. The van der Waals surface area contributed by atoms with Crippen molar-refractivity contribution in [2.24, 2.45) is 0 Å². The van der Waals surface area contributed by atoms with Gasteiger partial charge in [-0.05, 0) is 52.3 Å². The van der Waals surface area contributed by atoms with Gasteiger partial charge >= 0.3 is 0 Å². The molecule has 1 N–H and O–H groups in total. The minimum Gasteiger partial charge on any atom is -0.379 e. The first-order chi connectivity index (χ1) is 9.81. The number of halogens is 1. The Hall–Kier alpha value is -0.970. The largest absolute Gasteiger partial charge is 0.379 e. The van der Waals surface area contributed by atoms with E-state index in [9.17, 15) is 4.39 Å². The minimum atomic E-state index is -0.241. The van der Waals surface area contributed by atoms with Crippen LogP contribution in [0.2, 0.25) is 0 Å². The number of ether oxygens (including phenoxy) is 2. The maximum absolute atomic E-state index is 13.4. The molecule has 21 heavy (non-hydrogen) atoms. The fourth-order valence-corrected chi connectivity index (χ4v) is 1.95. The lowest BCUT2D eigenvalue weighted by molar-refractivity contribution is -0.0486. The average molecular weight is 297 g/mol. The standard InChI is InChI=1S/C17H28FNO2/c1-6-20-12-13(2)21-16(11-19-17(3,4)5)14-8-7-9-15(18)10-14/h7-10,13,16,19H,6,11-12H2,1-5H3. The van der Waals surface area contributed by atoms with Crippen molar-refractivity contribution in [3.8, 4) is 0 Å². The molecule has 2 atom stereocenters. The Kier molecular flexibility index (Phi) is 7.29. The minimum absolute atomic E-state index is 0.0158. The Labute approximate surface area is 127 Å². The van der Waals surface area contributed by atoms with Crippen molar-refractivity contribution in [3.05, 3.63) is 35.6 Å². The van der Waals surface area contributed by atoms with E-state index in [1.807, 2.05) is 19.9 Å². The van der Waals surface area contributed by atoms with Crippen LogP contribution in [-0.4, -0.2) is 31.4 Å². The van der Waals surface area contributed by atoms with Crippen molar-refractivity contribution in [2.45, 2.75) is 52.4 Å². The third kappa shape index (κ3) is 7.55.